The van der Waals surface area contributed by atoms with Gasteiger partial charge in [0.2, 0.25) is 0 Å². The predicted molar refractivity (Wildman–Crippen MR) is 98.9 cm³/mol. The summed E-state index contributed by atoms with van der Waals surface area (Å²) < 4.78 is 4.79. The van der Waals surface area contributed by atoms with Gasteiger partial charge in [-0.3, -0.25) is 0 Å². The average Bonchev–Trinajstić information content (AvgIpc) is 2.66. The molecule has 0 N–H and O–H groups in total. The molecule has 3 aromatic rings. The van der Waals surface area contributed by atoms with Crippen LogP contribution in [0, 0.1) is 6.92 Å². The number of benzene rings is 2. The maximum absolute atomic E-state index is 11.8. The van der Waals surface area contributed by atoms with Crippen molar-refractivity contribution in [1.82, 2.24) is 9.97 Å². The molecule has 0 fully saturated rings. The zero-order valence-electron chi connectivity index (χ0n) is 14.9. The number of ether oxygens (including phenoxy) is 1. The Morgan fingerprint density at radius 3 is 2.48 bits per heavy atom. The van der Waals surface area contributed by atoms with E-state index in [9.17, 15) is 4.79 Å². The molecule has 5 heteroatoms. The van der Waals surface area contributed by atoms with Crippen molar-refractivity contribution in [3.05, 3.63) is 65.4 Å². The van der Waals surface area contributed by atoms with Crippen LogP contribution in [0.2, 0.25) is 0 Å². The highest BCUT2D eigenvalue weighted by molar-refractivity contribution is 5.93. The molecule has 3 rings (SSSR count). The number of aryl methyl sites for hydroxylation is 1. The third kappa shape index (κ3) is 3.31. The van der Waals surface area contributed by atoms with Crippen molar-refractivity contribution in [2.24, 2.45) is 0 Å². The molecule has 128 valence electrons. The second-order valence-corrected chi connectivity index (χ2v) is 6.03. The van der Waals surface area contributed by atoms with E-state index in [-0.39, 0.29) is 12.0 Å². The van der Waals surface area contributed by atoms with E-state index in [4.69, 9.17) is 9.72 Å². The lowest BCUT2D eigenvalue weighted by molar-refractivity contribution is 0.0601. The highest BCUT2D eigenvalue weighted by Gasteiger charge is 2.17. The fourth-order valence-electron chi connectivity index (χ4n) is 2.85. The molecule has 1 atom stereocenters. The lowest BCUT2D eigenvalue weighted by Crippen LogP contribution is -2.24. The summed E-state index contributed by atoms with van der Waals surface area (Å²) in [5, 5.41) is 0. The number of fused-ring (bicyclic) bond motifs is 1. The normalized spacial score (nSPS) is 12.0. The van der Waals surface area contributed by atoms with Gasteiger partial charge in [-0.15, -0.1) is 0 Å². The van der Waals surface area contributed by atoms with Crippen molar-refractivity contribution in [2.45, 2.75) is 19.9 Å². The molecular weight excluding hydrogens is 314 g/mol. The van der Waals surface area contributed by atoms with E-state index in [1.54, 1.807) is 18.2 Å². The van der Waals surface area contributed by atoms with Crippen molar-refractivity contribution in [3.8, 4) is 0 Å². The molecule has 0 spiro atoms. The van der Waals surface area contributed by atoms with E-state index in [0.717, 1.165) is 17.0 Å². The van der Waals surface area contributed by atoms with Crippen LogP contribution in [0.4, 0.5) is 5.82 Å². The van der Waals surface area contributed by atoms with Gasteiger partial charge < -0.3 is 9.64 Å². The van der Waals surface area contributed by atoms with E-state index >= 15 is 0 Å². The van der Waals surface area contributed by atoms with Gasteiger partial charge in [0, 0.05) is 7.05 Å². The lowest BCUT2D eigenvalue weighted by Gasteiger charge is -2.27. The maximum Gasteiger partial charge on any atom is 0.337 e. The molecule has 0 amide bonds. The van der Waals surface area contributed by atoms with Crippen LogP contribution in [-0.4, -0.2) is 30.1 Å². The summed E-state index contributed by atoms with van der Waals surface area (Å²) in [6.07, 6.45) is 0. The van der Waals surface area contributed by atoms with Crippen LogP contribution in [0.15, 0.2) is 48.5 Å². The number of hydrogen-bond acceptors (Lipinski definition) is 5. The number of nitrogens with zero attached hydrogens (tertiary/aromatic N) is 3. The molecule has 25 heavy (non-hydrogen) atoms. The minimum atomic E-state index is -0.378. The first-order valence-corrected chi connectivity index (χ1v) is 8.15. The number of aromatic nitrogens is 2. The molecule has 0 saturated carbocycles. The minimum Gasteiger partial charge on any atom is -0.465 e. The Hall–Kier alpha value is -2.95. The van der Waals surface area contributed by atoms with Gasteiger partial charge >= 0.3 is 5.97 Å². The Morgan fingerprint density at radius 1 is 1.08 bits per heavy atom. The highest BCUT2D eigenvalue weighted by atomic mass is 16.5. The Morgan fingerprint density at radius 2 is 1.80 bits per heavy atom. The number of carbonyl (C=O) groups is 1. The fourth-order valence-corrected chi connectivity index (χ4v) is 2.85. The monoisotopic (exact) mass is 335 g/mol. The first kappa shape index (κ1) is 16.9. The summed E-state index contributed by atoms with van der Waals surface area (Å²) in [4.78, 5) is 23.3. The van der Waals surface area contributed by atoms with Gasteiger partial charge in [0.05, 0.1) is 35.4 Å². The number of anilines is 1. The van der Waals surface area contributed by atoms with Crippen LogP contribution in [-0.2, 0) is 4.74 Å². The zero-order valence-corrected chi connectivity index (χ0v) is 14.9. The fraction of sp³-hybridized carbons (Fsp3) is 0.250. The zero-order chi connectivity index (χ0) is 18.0. The Bertz CT molecular complexity index is 909. The molecule has 0 unspecified atom stereocenters. The quantitative estimate of drug-likeness (QED) is 0.676. The topological polar surface area (TPSA) is 55.3 Å². The Balaban J connectivity index is 2.02. The molecule has 0 radical (unpaired) electrons. The summed E-state index contributed by atoms with van der Waals surface area (Å²) in [6.45, 7) is 4.08. The summed E-state index contributed by atoms with van der Waals surface area (Å²) in [6, 6.07) is 15.6. The third-order valence-electron chi connectivity index (χ3n) is 4.43. The average molecular weight is 335 g/mol. The summed E-state index contributed by atoms with van der Waals surface area (Å²) >= 11 is 0. The second-order valence-electron chi connectivity index (χ2n) is 6.03. The molecule has 5 nitrogen and oxygen atoms in total. The summed E-state index contributed by atoms with van der Waals surface area (Å²) in [7, 11) is 3.37. The first-order chi connectivity index (χ1) is 12.0. The van der Waals surface area contributed by atoms with Crippen molar-refractivity contribution in [3.63, 3.8) is 0 Å². The van der Waals surface area contributed by atoms with E-state index in [0.29, 0.717) is 11.1 Å². The molecule has 0 aliphatic rings. The number of hydrogen-bond donors (Lipinski definition) is 0. The van der Waals surface area contributed by atoms with Gasteiger partial charge in [0.1, 0.15) is 0 Å². The molecule has 2 aromatic carbocycles. The van der Waals surface area contributed by atoms with Crippen molar-refractivity contribution in [2.75, 3.05) is 19.1 Å². The van der Waals surface area contributed by atoms with Gasteiger partial charge in [0.15, 0.2) is 5.82 Å². The van der Waals surface area contributed by atoms with Crippen LogP contribution in [0.25, 0.3) is 11.0 Å². The van der Waals surface area contributed by atoms with Crippen molar-refractivity contribution >= 4 is 22.8 Å². The number of methoxy groups -OCH3 is 1. The van der Waals surface area contributed by atoms with Gasteiger partial charge in [-0.1, -0.05) is 30.3 Å². The first-order valence-electron chi connectivity index (χ1n) is 8.15. The molecule has 0 bridgehead atoms. The van der Waals surface area contributed by atoms with Crippen LogP contribution < -0.4 is 4.90 Å². The number of rotatable bonds is 4. The molecule has 1 heterocycles. The molecule has 0 saturated heterocycles. The van der Waals surface area contributed by atoms with E-state index < -0.39 is 0 Å². The van der Waals surface area contributed by atoms with Crippen molar-refractivity contribution < 1.29 is 9.53 Å². The van der Waals surface area contributed by atoms with E-state index in [1.165, 1.54) is 12.7 Å². The maximum atomic E-state index is 11.8. The van der Waals surface area contributed by atoms with Gasteiger partial charge in [0.25, 0.3) is 0 Å². The number of carbonyl (C=O) groups excluding carboxylic acids is 1. The van der Waals surface area contributed by atoms with Crippen LogP contribution in [0.3, 0.4) is 0 Å². The largest absolute Gasteiger partial charge is 0.465 e. The second kappa shape index (κ2) is 6.89. The lowest BCUT2D eigenvalue weighted by atomic mass is 10.1. The molecule has 0 aliphatic heterocycles. The molecule has 1 aromatic heterocycles. The number of esters is 1. The molecular formula is C20H21N3O2. The third-order valence-corrected chi connectivity index (χ3v) is 4.43. The van der Waals surface area contributed by atoms with E-state index in [1.807, 2.05) is 32.2 Å². The van der Waals surface area contributed by atoms with Crippen LogP contribution >= 0.6 is 0 Å². The molecule has 0 aliphatic carbocycles. The SMILES string of the molecule is COC(=O)c1ccc2nc(C)c(N(C)[C@@H](C)c3ccccc3)nc2c1. The predicted octanol–water partition coefficient (Wildman–Crippen LogP) is 3.92. The highest BCUT2D eigenvalue weighted by Crippen LogP contribution is 2.27. The van der Waals surface area contributed by atoms with Gasteiger partial charge in [-0.2, -0.15) is 0 Å². The van der Waals surface area contributed by atoms with Gasteiger partial charge in [-0.25, -0.2) is 14.8 Å². The summed E-state index contributed by atoms with van der Waals surface area (Å²) in [5.74, 6) is 0.419. The minimum absolute atomic E-state index is 0.149. The van der Waals surface area contributed by atoms with Crippen LogP contribution in [0.1, 0.15) is 34.6 Å². The van der Waals surface area contributed by atoms with Gasteiger partial charge in [-0.05, 0) is 37.6 Å². The van der Waals surface area contributed by atoms with Crippen LogP contribution in [0.5, 0.6) is 0 Å². The summed E-state index contributed by atoms with van der Waals surface area (Å²) in [5.41, 5.74) is 3.96. The Labute approximate surface area is 147 Å². The Kier molecular flexibility index (Phi) is 4.65. The standard InChI is InChI=1S/C20H21N3O2/c1-13-19(23(3)14(2)15-8-6-5-7-9-15)22-18-12-16(20(24)25-4)10-11-17(18)21-13/h5-12,14H,1-4H3/t14-/m0/s1. The van der Waals surface area contributed by atoms with Crippen molar-refractivity contribution in [1.29, 1.82) is 0 Å². The smallest absolute Gasteiger partial charge is 0.337 e. The van der Waals surface area contributed by atoms with E-state index in [2.05, 4.69) is 28.9 Å².